The number of carbonyl (C=O) groups excluding carboxylic acids is 2. The molecule has 1 heterocycles. The van der Waals surface area contributed by atoms with Crippen LogP contribution in [0.15, 0.2) is 35.4 Å². The van der Waals surface area contributed by atoms with Crippen LogP contribution in [0.3, 0.4) is 0 Å². The first-order valence-corrected chi connectivity index (χ1v) is 7.40. The number of carbonyl (C=O) groups is 2. The molecule has 1 aromatic rings. The van der Waals surface area contributed by atoms with Gasteiger partial charge in [0.2, 0.25) is 5.91 Å². The van der Waals surface area contributed by atoms with Crippen molar-refractivity contribution in [1.82, 2.24) is 4.90 Å². The first-order valence-electron chi connectivity index (χ1n) is 7.40. The number of β-lactam (4-membered cyclic amide) rings is 1. The van der Waals surface area contributed by atoms with Gasteiger partial charge in [0.05, 0.1) is 6.04 Å². The van der Waals surface area contributed by atoms with Gasteiger partial charge in [-0.05, 0) is 38.8 Å². The topological polar surface area (TPSA) is 95.4 Å². The highest BCUT2D eigenvalue weighted by atomic mass is 16.6. The van der Waals surface area contributed by atoms with Gasteiger partial charge in [0, 0.05) is 4.91 Å². The Kier molecular flexibility index (Phi) is 4.61. The fourth-order valence-corrected chi connectivity index (χ4v) is 2.59. The lowest BCUT2D eigenvalue weighted by molar-refractivity contribution is -0.173. The maximum absolute atomic E-state index is 12.3. The smallest absolute Gasteiger partial charge is 0.329 e. The van der Waals surface area contributed by atoms with Gasteiger partial charge in [-0.1, -0.05) is 35.4 Å². The summed E-state index contributed by atoms with van der Waals surface area (Å²) in [5.41, 5.74) is 8.85. The van der Waals surface area contributed by atoms with E-state index in [9.17, 15) is 9.59 Å². The van der Waals surface area contributed by atoms with Crippen molar-refractivity contribution in [2.24, 2.45) is 5.11 Å². The Morgan fingerprint density at radius 1 is 1.35 bits per heavy atom. The molecule has 1 aliphatic rings. The molecule has 2 rings (SSSR count). The van der Waals surface area contributed by atoms with Gasteiger partial charge in [-0.3, -0.25) is 4.79 Å². The van der Waals surface area contributed by atoms with Crippen molar-refractivity contribution in [3.05, 3.63) is 46.3 Å². The predicted octanol–water partition coefficient (Wildman–Crippen LogP) is 2.98. The van der Waals surface area contributed by atoms with Crippen LogP contribution in [0.1, 0.15) is 39.3 Å². The average Bonchev–Trinajstić information content (AvgIpc) is 2.48. The molecule has 0 bridgehead atoms. The predicted molar refractivity (Wildman–Crippen MR) is 84.3 cm³/mol. The first kappa shape index (κ1) is 16.8. The van der Waals surface area contributed by atoms with Gasteiger partial charge in [0.25, 0.3) is 0 Å². The molecule has 1 amide bonds. The van der Waals surface area contributed by atoms with E-state index in [0.717, 1.165) is 5.56 Å². The number of azide groups is 1. The van der Waals surface area contributed by atoms with Crippen LogP contribution in [0, 0.1) is 0 Å². The summed E-state index contributed by atoms with van der Waals surface area (Å²) in [6.07, 6.45) is 0. The molecule has 1 aromatic carbocycles. The average molecular weight is 316 g/mol. The van der Waals surface area contributed by atoms with E-state index in [1.54, 1.807) is 27.7 Å². The van der Waals surface area contributed by atoms with Gasteiger partial charge in [0.1, 0.15) is 17.7 Å². The Balaban J connectivity index is 2.27. The van der Waals surface area contributed by atoms with E-state index in [1.807, 2.05) is 30.3 Å². The van der Waals surface area contributed by atoms with Gasteiger partial charge >= 0.3 is 5.97 Å². The number of hydrogen-bond donors (Lipinski definition) is 0. The van der Waals surface area contributed by atoms with Crippen LogP contribution in [0.2, 0.25) is 0 Å². The Morgan fingerprint density at radius 2 is 1.96 bits per heavy atom. The number of nitrogens with zero attached hydrogens (tertiary/aromatic N) is 4. The zero-order valence-corrected chi connectivity index (χ0v) is 13.6. The molecule has 0 aliphatic carbocycles. The molecule has 0 aromatic heterocycles. The highest BCUT2D eigenvalue weighted by molar-refractivity contribution is 5.94. The summed E-state index contributed by atoms with van der Waals surface area (Å²) in [4.78, 5) is 28.7. The number of likely N-dealkylation sites (tertiary alicyclic amines) is 1. The molecule has 0 saturated carbocycles. The van der Waals surface area contributed by atoms with Crippen LogP contribution < -0.4 is 0 Å². The van der Waals surface area contributed by atoms with Crippen LogP contribution >= 0.6 is 0 Å². The lowest BCUT2D eigenvalue weighted by Gasteiger charge is -2.48. The molecular formula is C16H20N4O3. The van der Waals surface area contributed by atoms with Gasteiger partial charge in [-0.2, -0.15) is 0 Å². The zero-order valence-electron chi connectivity index (χ0n) is 13.6. The minimum absolute atomic E-state index is 0.366. The van der Waals surface area contributed by atoms with Crippen molar-refractivity contribution in [3.8, 4) is 0 Å². The van der Waals surface area contributed by atoms with Crippen LogP contribution in [0.4, 0.5) is 0 Å². The summed E-state index contributed by atoms with van der Waals surface area (Å²) in [7, 11) is 0. The number of ether oxygens (including phenoxy) is 1. The molecule has 3 unspecified atom stereocenters. The molecule has 0 N–H and O–H groups in total. The monoisotopic (exact) mass is 316 g/mol. The van der Waals surface area contributed by atoms with Crippen molar-refractivity contribution < 1.29 is 14.3 Å². The summed E-state index contributed by atoms with van der Waals surface area (Å²) >= 11 is 0. The summed E-state index contributed by atoms with van der Waals surface area (Å²) in [6, 6.07) is 7.17. The van der Waals surface area contributed by atoms with E-state index in [4.69, 9.17) is 10.3 Å². The summed E-state index contributed by atoms with van der Waals surface area (Å²) in [5, 5.41) is 3.57. The van der Waals surface area contributed by atoms with Gasteiger partial charge < -0.3 is 9.64 Å². The Hall–Kier alpha value is -2.53. The van der Waals surface area contributed by atoms with E-state index in [0.29, 0.717) is 0 Å². The first-order chi connectivity index (χ1) is 10.8. The molecule has 7 nitrogen and oxygen atoms in total. The Morgan fingerprint density at radius 3 is 2.48 bits per heavy atom. The minimum atomic E-state index is -0.827. The van der Waals surface area contributed by atoms with Gasteiger partial charge in [0.15, 0.2) is 0 Å². The summed E-state index contributed by atoms with van der Waals surface area (Å²) < 4.78 is 5.35. The second kappa shape index (κ2) is 6.30. The lowest BCUT2D eigenvalue weighted by atomic mass is 9.87. The summed E-state index contributed by atoms with van der Waals surface area (Å²) in [6.45, 7) is 6.93. The van der Waals surface area contributed by atoms with Crippen LogP contribution in [0.5, 0.6) is 0 Å². The van der Waals surface area contributed by atoms with Crippen LogP contribution in [-0.4, -0.2) is 34.5 Å². The highest BCUT2D eigenvalue weighted by Crippen LogP contribution is 2.39. The van der Waals surface area contributed by atoms with Crippen molar-refractivity contribution in [3.63, 3.8) is 0 Å². The maximum atomic E-state index is 12.3. The van der Waals surface area contributed by atoms with Gasteiger partial charge in [-0.25, -0.2) is 4.79 Å². The lowest BCUT2D eigenvalue weighted by Crippen LogP contribution is -2.63. The molecule has 1 saturated heterocycles. The molecule has 3 atom stereocenters. The number of benzene rings is 1. The number of amides is 1. The molecule has 1 aliphatic heterocycles. The van der Waals surface area contributed by atoms with Crippen molar-refractivity contribution >= 4 is 11.9 Å². The molecule has 1 fully saturated rings. The second-order valence-electron chi connectivity index (χ2n) is 6.46. The molecular weight excluding hydrogens is 296 g/mol. The molecule has 0 radical (unpaired) electrons. The van der Waals surface area contributed by atoms with Crippen LogP contribution in [0.25, 0.3) is 10.4 Å². The third kappa shape index (κ3) is 3.46. The minimum Gasteiger partial charge on any atom is -0.458 e. The molecule has 23 heavy (non-hydrogen) atoms. The number of esters is 1. The van der Waals surface area contributed by atoms with E-state index in [-0.39, 0.29) is 5.91 Å². The normalized spacial score (nSPS) is 21.9. The van der Waals surface area contributed by atoms with E-state index in [2.05, 4.69) is 10.0 Å². The van der Waals surface area contributed by atoms with Crippen molar-refractivity contribution in [1.29, 1.82) is 0 Å². The highest BCUT2D eigenvalue weighted by Gasteiger charge is 2.51. The van der Waals surface area contributed by atoms with Crippen molar-refractivity contribution in [2.45, 2.75) is 51.4 Å². The third-order valence-electron chi connectivity index (χ3n) is 3.59. The van der Waals surface area contributed by atoms with E-state index in [1.165, 1.54) is 4.90 Å². The van der Waals surface area contributed by atoms with Crippen molar-refractivity contribution in [2.75, 3.05) is 0 Å². The summed E-state index contributed by atoms with van der Waals surface area (Å²) in [5.74, 6) is -0.846. The standard InChI is InChI=1S/C16H20N4O3/c1-10(15(22)23-16(2,3)4)20-13(11-8-6-5-7-9-11)12(14(20)21)18-19-17/h5-10,12-13H,1-4H3. The molecule has 7 heteroatoms. The maximum Gasteiger partial charge on any atom is 0.329 e. The SMILES string of the molecule is CC(C(=O)OC(C)(C)C)N1C(=O)C(N=[N+]=[N-])C1c1ccccc1. The van der Waals surface area contributed by atoms with E-state index < -0.39 is 29.7 Å². The Labute approximate surface area is 134 Å². The quantitative estimate of drug-likeness (QED) is 0.281. The molecule has 122 valence electrons. The zero-order chi connectivity index (χ0) is 17.2. The molecule has 0 spiro atoms. The van der Waals surface area contributed by atoms with Gasteiger partial charge in [-0.15, -0.1) is 0 Å². The van der Waals surface area contributed by atoms with E-state index >= 15 is 0 Å². The number of hydrogen-bond acceptors (Lipinski definition) is 4. The second-order valence-corrected chi connectivity index (χ2v) is 6.46. The Bertz CT molecular complexity index is 647. The third-order valence-corrected chi connectivity index (χ3v) is 3.59. The largest absolute Gasteiger partial charge is 0.458 e. The van der Waals surface area contributed by atoms with Crippen LogP contribution in [-0.2, 0) is 14.3 Å². The fraction of sp³-hybridized carbons (Fsp3) is 0.500. The fourth-order valence-electron chi connectivity index (χ4n) is 2.59. The number of rotatable bonds is 4.